The van der Waals surface area contributed by atoms with Gasteiger partial charge in [0.1, 0.15) is 29.1 Å². The van der Waals surface area contributed by atoms with Gasteiger partial charge in [-0.2, -0.15) is 15.5 Å². The Kier molecular flexibility index (Phi) is 4.81. The Morgan fingerprint density at radius 3 is 2.56 bits per heavy atom. The second-order valence-electron chi connectivity index (χ2n) is 6.70. The maximum absolute atomic E-state index is 13.2. The fourth-order valence-corrected chi connectivity index (χ4v) is 3.01. The van der Waals surface area contributed by atoms with Gasteiger partial charge in [-0.05, 0) is 56.3 Å². The first kappa shape index (κ1) is 18.4. The van der Waals surface area contributed by atoms with Gasteiger partial charge in [-0.3, -0.25) is 0 Å². The normalized spacial score (nSPS) is 20.6. The number of ether oxygens (including phenoxy) is 1. The van der Waals surface area contributed by atoms with E-state index in [1.165, 1.54) is 24.3 Å². The topological polar surface area (TPSA) is 101 Å². The van der Waals surface area contributed by atoms with Crippen LogP contribution in [-0.4, -0.2) is 22.6 Å². The molecule has 0 radical (unpaired) electrons. The Hall–Kier alpha value is -3.42. The first-order chi connectivity index (χ1) is 12.9. The Bertz CT molecular complexity index is 971. The zero-order valence-corrected chi connectivity index (χ0v) is 14.8. The average Bonchev–Trinajstić information content (AvgIpc) is 2.65. The maximum Gasteiger partial charge on any atom is 0.207 e. The Labute approximate surface area is 156 Å². The van der Waals surface area contributed by atoms with Crippen LogP contribution in [0.2, 0.25) is 0 Å². The highest BCUT2D eigenvalue weighted by molar-refractivity contribution is 5.99. The van der Waals surface area contributed by atoms with Crippen LogP contribution in [0.25, 0.3) is 0 Å². The van der Waals surface area contributed by atoms with Crippen LogP contribution >= 0.6 is 0 Å². The summed E-state index contributed by atoms with van der Waals surface area (Å²) in [4.78, 5) is 3.79. The number of benzene rings is 2. The number of rotatable bonds is 2. The number of aliphatic imine (C=N–C) groups is 1. The molecule has 3 rings (SSSR count). The Balaban J connectivity index is 2.06. The average molecular weight is 364 g/mol. The molecular weight excluding hydrogens is 347 g/mol. The van der Waals surface area contributed by atoms with Crippen LogP contribution in [0, 0.1) is 28.6 Å². The summed E-state index contributed by atoms with van der Waals surface area (Å²) in [6.45, 7) is 3.49. The molecule has 0 fully saturated rings. The van der Waals surface area contributed by atoms with E-state index in [1.807, 2.05) is 0 Å². The molecule has 1 aliphatic rings. The molecule has 2 aromatic carbocycles. The standard InChI is InChI=1S/C20H17FN4O2/c1-20(2)18(26)17(15-9-12(10-22)3-8-16(15)27-20)25-19(24-11-23)13-4-6-14(21)7-5-13/h3-9,17-18,26H,1-2H3,(H,24,25)/t17-,18+/m0/s1. The van der Waals surface area contributed by atoms with Gasteiger partial charge in [0.25, 0.3) is 0 Å². The Morgan fingerprint density at radius 1 is 1.22 bits per heavy atom. The van der Waals surface area contributed by atoms with Crippen LogP contribution in [0.4, 0.5) is 4.39 Å². The van der Waals surface area contributed by atoms with Crippen molar-refractivity contribution in [3.05, 3.63) is 65.0 Å². The predicted molar refractivity (Wildman–Crippen MR) is 96.3 cm³/mol. The molecule has 7 heteroatoms. The van der Waals surface area contributed by atoms with E-state index in [-0.39, 0.29) is 5.84 Å². The van der Waals surface area contributed by atoms with E-state index in [1.54, 1.807) is 38.2 Å². The zero-order chi connectivity index (χ0) is 19.6. The van der Waals surface area contributed by atoms with Crippen molar-refractivity contribution in [1.82, 2.24) is 5.32 Å². The van der Waals surface area contributed by atoms with E-state index >= 15 is 0 Å². The largest absolute Gasteiger partial charge is 0.485 e. The van der Waals surface area contributed by atoms with Gasteiger partial charge in [-0.25, -0.2) is 4.39 Å². The molecule has 2 N–H and O–H groups in total. The van der Waals surface area contributed by atoms with Crippen LogP contribution < -0.4 is 10.1 Å². The molecule has 0 saturated carbocycles. The molecule has 6 nitrogen and oxygen atoms in total. The molecule has 0 amide bonds. The van der Waals surface area contributed by atoms with Crippen LogP contribution in [0.3, 0.4) is 0 Å². The highest BCUT2D eigenvalue weighted by atomic mass is 19.1. The number of nitrogens with one attached hydrogen (secondary N) is 1. The summed E-state index contributed by atoms with van der Waals surface area (Å²) < 4.78 is 19.1. The van der Waals surface area contributed by atoms with E-state index in [9.17, 15) is 14.8 Å². The minimum absolute atomic E-state index is 0.188. The minimum Gasteiger partial charge on any atom is -0.485 e. The second-order valence-corrected chi connectivity index (χ2v) is 6.70. The van der Waals surface area contributed by atoms with Crippen molar-refractivity contribution in [3.8, 4) is 18.0 Å². The molecule has 27 heavy (non-hydrogen) atoms. The van der Waals surface area contributed by atoms with E-state index in [0.29, 0.717) is 22.4 Å². The monoisotopic (exact) mass is 364 g/mol. The first-order valence-electron chi connectivity index (χ1n) is 8.26. The molecule has 0 aromatic heterocycles. The lowest BCUT2D eigenvalue weighted by atomic mass is 9.85. The van der Waals surface area contributed by atoms with E-state index in [4.69, 9.17) is 10.00 Å². The number of hydrogen-bond acceptors (Lipinski definition) is 5. The molecule has 0 unspecified atom stereocenters. The van der Waals surface area contributed by atoms with Gasteiger partial charge in [-0.1, -0.05) is 0 Å². The summed E-state index contributed by atoms with van der Waals surface area (Å²) in [5.74, 6) is 0.302. The summed E-state index contributed by atoms with van der Waals surface area (Å²) in [5, 5.41) is 32.2. The molecule has 0 aliphatic carbocycles. The lowest BCUT2D eigenvalue weighted by molar-refractivity contribution is -0.0610. The summed E-state index contributed by atoms with van der Waals surface area (Å²) in [5.41, 5.74) is 0.567. The van der Waals surface area contributed by atoms with Gasteiger partial charge in [0.15, 0.2) is 0 Å². The van der Waals surface area contributed by atoms with Crippen LogP contribution in [0.15, 0.2) is 47.5 Å². The summed E-state index contributed by atoms with van der Waals surface area (Å²) >= 11 is 0. The predicted octanol–water partition coefficient (Wildman–Crippen LogP) is 2.79. The van der Waals surface area contributed by atoms with Gasteiger partial charge in [0.2, 0.25) is 6.19 Å². The van der Waals surface area contributed by atoms with Crippen molar-refractivity contribution in [2.24, 2.45) is 4.99 Å². The number of hydrogen-bond donors (Lipinski definition) is 2. The fourth-order valence-electron chi connectivity index (χ4n) is 3.01. The highest BCUT2D eigenvalue weighted by Crippen LogP contribution is 2.40. The number of halogens is 1. The summed E-state index contributed by atoms with van der Waals surface area (Å²) in [6, 6.07) is 11.8. The van der Waals surface area contributed by atoms with Crippen LogP contribution in [0.5, 0.6) is 5.75 Å². The van der Waals surface area contributed by atoms with Crippen molar-refractivity contribution in [1.29, 1.82) is 10.5 Å². The molecule has 1 aliphatic heterocycles. The van der Waals surface area contributed by atoms with Crippen molar-refractivity contribution in [3.63, 3.8) is 0 Å². The molecule has 1 heterocycles. The number of nitriles is 2. The highest BCUT2D eigenvalue weighted by Gasteiger charge is 2.43. The van der Waals surface area contributed by atoms with Crippen molar-refractivity contribution in [2.75, 3.05) is 0 Å². The summed E-state index contributed by atoms with van der Waals surface area (Å²) in [7, 11) is 0. The van der Waals surface area contributed by atoms with E-state index in [2.05, 4.69) is 16.4 Å². The van der Waals surface area contributed by atoms with Crippen LogP contribution in [-0.2, 0) is 0 Å². The zero-order valence-electron chi connectivity index (χ0n) is 14.8. The third-order valence-corrected chi connectivity index (χ3v) is 4.45. The number of amidine groups is 1. The molecule has 0 saturated heterocycles. The van der Waals surface area contributed by atoms with Gasteiger partial charge >= 0.3 is 0 Å². The number of aliphatic hydroxyl groups excluding tert-OH is 1. The molecule has 2 atom stereocenters. The number of fused-ring (bicyclic) bond motifs is 1. The minimum atomic E-state index is -0.997. The summed E-state index contributed by atoms with van der Waals surface area (Å²) in [6.07, 6.45) is 0.722. The lowest BCUT2D eigenvalue weighted by Crippen LogP contribution is -2.53. The third kappa shape index (κ3) is 3.59. The van der Waals surface area contributed by atoms with Gasteiger partial charge in [0.05, 0.1) is 17.7 Å². The molecule has 0 spiro atoms. The van der Waals surface area contributed by atoms with Crippen LogP contribution in [0.1, 0.15) is 36.6 Å². The molecule has 0 bridgehead atoms. The lowest BCUT2D eigenvalue weighted by Gasteiger charge is -2.42. The maximum atomic E-state index is 13.2. The molecular formula is C20H17FN4O2. The second kappa shape index (κ2) is 7.06. The SMILES string of the molecule is CC1(C)Oc2ccc(C#N)cc2[C@H](N/C(=N\C#N)c2ccc(F)cc2)[C@H]1O. The first-order valence-corrected chi connectivity index (χ1v) is 8.26. The quantitative estimate of drug-likeness (QED) is 0.485. The van der Waals surface area contributed by atoms with Gasteiger partial charge in [-0.15, -0.1) is 0 Å². The van der Waals surface area contributed by atoms with Crippen molar-refractivity contribution >= 4 is 5.84 Å². The van der Waals surface area contributed by atoms with Gasteiger partial charge < -0.3 is 15.2 Å². The van der Waals surface area contributed by atoms with Gasteiger partial charge in [0, 0.05) is 11.1 Å². The van der Waals surface area contributed by atoms with Crippen molar-refractivity contribution < 1.29 is 14.2 Å². The van der Waals surface area contributed by atoms with E-state index in [0.717, 1.165) is 0 Å². The van der Waals surface area contributed by atoms with Crippen molar-refractivity contribution in [2.45, 2.75) is 31.6 Å². The smallest absolute Gasteiger partial charge is 0.207 e. The third-order valence-electron chi connectivity index (χ3n) is 4.45. The Morgan fingerprint density at radius 2 is 1.93 bits per heavy atom. The molecule has 2 aromatic rings. The van der Waals surface area contributed by atoms with E-state index < -0.39 is 23.6 Å². The number of aliphatic hydroxyl groups is 1. The number of nitrogens with zero attached hydrogens (tertiary/aromatic N) is 3. The molecule has 136 valence electrons. The fraction of sp³-hybridized carbons (Fsp3) is 0.250.